The molecule has 3 aromatic carbocycles. The van der Waals surface area contributed by atoms with Crippen LogP contribution in [0.1, 0.15) is 21.5 Å². The average Bonchev–Trinajstić information content (AvgIpc) is 2.61. The van der Waals surface area contributed by atoms with E-state index in [1.807, 2.05) is 55.5 Å². The molecule has 0 aromatic heterocycles. The normalized spacial score (nSPS) is 11.3. The Morgan fingerprint density at radius 1 is 0.962 bits per heavy atom. The van der Waals surface area contributed by atoms with Crippen molar-refractivity contribution in [1.29, 1.82) is 0 Å². The molecule has 3 rings (SSSR count). The van der Waals surface area contributed by atoms with Gasteiger partial charge in [-0.25, -0.2) is 13.6 Å². The lowest BCUT2D eigenvalue weighted by atomic mass is 9.90. The number of sulfonamides is 1. The number of carbonyl (C=O) groups is 1. The van der Waals surface area contributed by atoms with Gasteiger partial charge in [-0.2, -0.15) is 0 Å². The summed E-state index contributed by atoms with van der Waals surface area (Å²) in [6.07, 6.45) is 0. The topological polar surface area (TPSA) is 77.2 Å². The highest BCUT2D eigenvalue weighted by atomic mass is 35.5. The summed E-state index contributed by atoms with van der Waals surface area (Å²) in [5.41, 5.74) is 3.21. The summed E-state index contributed by atoms with van der Waals surface area (Å²) >= 11 is 5.92. The molecular weight excluding hydrogens is 370 g/mol. The molecule has 3 aromatic rings. The first-order valence-electron chi connectivity index (χ1n) is 7.81. The standard InChI is InChI=1S/C20H16ClNO3S/c1-13-6-5-9-16(14-7-3-2-4-8-14)19(13)20(23)15-10-11-17(21)18(12-15)26(22,24)25/h2-12H,1H3,(H2,22,24,25). The zero-order valence-corrected chi connectivity index (χ0v) is 15.5. The Morgan fingerprint density at radius 2 is 1.65 bits per heavy atom. The minimum absolute atomic E-state index is 0.0166. The molecule has 4 nitrogen and oxygen atoms in total. The number of primary sulfonamides is 1. The second-order valence-corrected chi connectivity index (χ2v) is 7.82. The van der Waals surface area contributed by atoms with Crippen LogP contribution >= 0.6 is 11.6 Å². The van der Waals surface area contributed by atoms with E-state index in [1.165, 1.54) is 18.2 Å². The second kappa shape index (κ2) is 7.03. The lowest BCUT2D eigenvalue weighted by molar-refractivity contribution is 0.103. The van der Waals surface area contributed by atoms with E-state index >= 15 is 0 Å². The number of aryl methyl sites for hydroxylation is 1. The molecule has 0 spiro atoms. The first kappa shape index (κ1) is 18.3. The van der Waals surface area contributed by atoms with Crippen molar-refractivity contribution >= 4 is 27.4 Å². The summed E-state index contributed by atoms with van der Waals surface area (Å²) < 4.78 is 23.4. The Morgan fingerprint density at radius 3 is 2.31 bits per heavy atom. The van der Waals surface area contributed by atoms with E-state index in [1.54, 1.807) is 0 Å². The van der Waals surface area contributed by atoms with Crippen LogP contribution in [-0.2, 0) is 10.0 Å². The van der Waals surface area contributed by atoms with E-state index in [0.29, 0.717) is 5.56 Å². The third kappa shape index (κ3) is 3.55. The van der Waals surface area contributed by atoms with Crippen molar-refractivity contribution in [2.24, 2.45) is 5.14 Å². The van der Waals surface area contributed by atoms with Crippen LogP contribution in [0.5, 0.6) is 0 Å². The van der Waals surface area contributed by atoms with Crippen molar-refractivity contribution in [2.75, 3.05) is 0 Å². The lowest BCUT2D eigenvalue weighted by Crippen LogP contribution is -2.14. The number of rotatable bonds is 4. The van der Waals surface area contributed by atoms with Gasteiger partial charge in [0.05, 0.1) is 5.02 Å². The van der Waals surface area contributed by atoms with Gasteiger partial charge in [-0.1, -0.05) is 60.1 Å². The average molecular weight is 386 g/mol. The summed E-state index contributed by atoms with van der Waals surface area (Å²) in [7, 11) is -4.03. The van der Waals surface area contributed by atoms with E-state index in [2.05, 4.69) is 0 Å². The lowest BCUT2D eigenvalue weighted by Gasteiger charge is -2.13. The van der Waals surface area contributed by atoms with Gasteiger partial charge in [0.1, 0.15) is 4.90 Å². The largest absolute Gasteiger partial charge is 0.289 e. The number of halogens is 1. The first-order valence-corrected chi connectivity index (χ1v) is 9.73. The molecule has 0 aliphatic rings. The zero-order valence-electron chi connectivity index (χ0n) is 13.9. The van der Waals surface area contributed by atoms with Crippen LogP contribution in [0.25, 0.3) is 11.1 Å². The van der Waals surface area contributed by atoms with Crippen molar-refractivity contribution < 1.29 is 13.2 Å². The van der Waals surface area contributed by atoms with Crippen molar-refractivity contribution in [3.8, 4) is 11.1 Å². The molecule has 0 bridgehead atoms. The molecular formula is C20H16ClNO3S. The fourth-order valence-corrected chi connectivity index (χ4v) is 3.91. The van der Waals surface area contributed by atoms with Crippen molar-refractivity contribution in [3.63, 3.8) is 0 Å². The van der Waals surface area contributed by atoms with Crippen LogP contribution in [0.2, 0.25) is 5.02 Å². The minimum atomic E-state index is -4.03. The number of carbonyl (C=O) groups excluding carboxylic acids is 1. The molecule has 0 heterocycles. The van der Waals surface area contributed by atoms with E-state index < -0.39 is 10.0 Å². The molecule has 0 saturated heterocycles. The second-order valence-electron chi connectivity index (χ2n) is 5.88. The highest BCUT2D eigenvalue weighted by Crippen LogP contribution is 2.30. The number of nitrogens with two attached hydrogens (primary N) is 1. The van der Waals surface area contributed by atoms with Crippen molar-refractivity contribution in [1.82, 2.24) is 0 Å². The highest BCUT2D eigenvalue weighted by Gasteiger charge is 2.21. The molecule has 2 N–H and O–H groups in total. The van der Waals surface area contributed by atoms with E-state index in [-0.39, 0.29) is 21.3 Å². The van der Waals surface area contributed by atoms with E-state index in [9.17, 15) is 13.2 Å². The van der Waals surface area contributed by atoms with Crippen molar-refractivity contribution in [2.45, 2.75) is 11.8 Å². The van der Waals surface area contributed by atoms with Gasteiger partial charge in [0, 0.05) is 11.1 Å². The summed E-state index contributed by atoms with van der Waals surface area (Å²) in [5, 5.41) is 5.18. The molecule has 0 radical (unpaired) electrons. The molecule has 132 valence electrons. The SMILES string of the molecule is Cc1cccc(-c2ccccc2)c1C(=O)c1ccc(Cl)c(S(N)(=O)=O)c1. The number of hydrogen-bond donors (Lipinski definition) is 1. The van der Waals surface area contributed by atoms with Gasteiger partial charge in [0.2, 0.25) is 10.0 Å². The predicted molar refractivity (Wildman–Crippen MR) is 103 cm³/mol. The van der Waals surface area contributed by atoms with Gasteiger partial charge >= 0.3 is 0 Å². The highest BCUT2D eigenvalue weighted by molar-refractivity contribution is 7.89. The van der Waals surface area contributed by atoms with Gasteiger partial charge in [-0.15, -0.1) is 0 Å². The van der Waals surface area contributed by atoms with Crippen LogP contribution in [0.15, 0.2) is 71.6 Å². The molecule has 0 aliphatic carbocycles. The molecule has 6 heteroatoms. The van der Waals surface area contributed by atoms with Crippen molar-refractivity contribution in [3.05, 3.63) is 88.4 Å². The zero-order chi connectivity index (χ0) is 18.9. The van der Waals surface area contributed by atoms with Gasteiger partial charge in [-0.05, 0) is 41.8 Å². The molecule has 0 saturated carbocycles. The van der Waals surface area contributed by atoms with Crippen LogP contribution in [0.4, 0.5) is 0 Å². The van der Waals surface area contributed by atoms with Crippen LogP contribution < -0.4 is 5.14 Å². The molecule has 26 heavy (non-hydrogen) atoms. The Balaban J connectivity index is 2.19. The van der Waals surface area contributed by atoms with Gasteiger partial charge < -0.3 is 0 Å². The number of ketones is 1. The maximum Gasteiger partial charge on any atom is 0.239 e. The quantitative estimate of drug-likeness (QED) is 0.684. The first-order chi connectivity index (χ1) is 12.3. The number of benzene rings is 3. The fraction of sp³-hybridized carbons (Fsp3) is 0.0500. The summed E-state index contributed by atoms with van der Waals surface area (Å²) in [6, 6.07) is 19.2. The maximum atomic E-state index is 13.2. The predicted octanol–water partition coefficient (Wildman–Crippen LogP) is 4.19. The Hall–Kier alpha value is -2.47. The Kier molecular flexibility index (Phi) is 4.96. The van der Waals surface area contributed by atoms with E-state index in [0.717, 1.165) is 16.7 Å². The summed E-state index contributed by atoms with van der Waals surface area (Å²) in [4.78, 5) is 12.9. The number of hydrogen-bond acceptors (Lipinski definition) is 3. The third-order valence-corrected chi connectivity index (χ3v) is 5.48. The van der Waals surface area contributed by atoms with Gasteiger partial charge in [0.25, 0.3) is 0 Å². The molecule has 0 amide bonds. The molecule has 0 atom stereocenters. The molecule has 0 fully saturated rings. The monoisotopic (exact) mass is 385 g/mol. The Bertz CT molecular complexity index is 1090. The van der Waals surface area contributed by atoms with Crippen LogP contribution in [0, 0.1) is 6.92 Å². The summed E-state index contributed by atoms with van der Waals surface area (Å²) in [5.74, 6) is -0.288. The van der Waals surface area contributed by atoms with Gasteiger partial charge in [-0.3, -0.25) is 4.79 Å². The van der Waals surface area contributed by atoms with Crippen LogP contribution in [0.3, 0.4) is 0 Å². The Labute approximate surface area is 157 Å². The maximum absolute atomic E-state index is 13.2. The summed E-state index contributed by atoms with van der Waals surface area (Å²) in [6.45, 7) is 1.84. The molecule has 0 unspecified atom stereocenters. The third-order valence-electron chi connectivity index (χ3n) is 4.08. The fourth-order valence-electron chi connectivity index (χ4n) is 2.83. The molecule has 0 aliphatic heterocycles. The van der Waals surface area contributed by atoms with Crippen LogP contribution in [-0.4, -0.2) is 14.2 Å². The minimum Gasteiger partial charge on any atom is -0.289 e. The van der Waals surface area contributed by atoms with Gasteiger partial charge in [0.15, 0.2) is 5.78 Å². The van der Waals surface area contributed by atoms with E-state index in [4.69, 9.17) is 16.7 Å². The smallest absolute Gasteiger partial charge is 0.239 e.